The van der Waals surface area contributed by atoms with Crippen molar-refractivity contribution in [3.05, 3.63) is 0 Å². The number of hydrogen-bond donors (Lipinski definition) is 1. The maximum absolute atomic E-state index is 6.01. The molecule has 0 atom stereocenters. The third kappa shape index (κ3) is 2.40. The number of piperidine rings is 1. The molecule has 2 fully saturated rings. The first kappa shape index (κ1) is 12.3. The number of ether oxygens (including phenoxy) is 2. The molecule has 2 rings (SSSR count). The standard InChI is InChI=1S/C12H24N2O2/c1-15-11-2-6-14(7-3-11)12(10-13)4-8-16-9-5-12/h11H,2-10,13H2,1H3. The molecule has 0 aromatic carbocycles. The molecule has 16 heavy (non-hydrogen) atoms. The fourth-order valence-electron chi connectivity index (χ4n) is 2.97. The molecule has 0 unspecified atom stereocenters. The van der Waals surface area contributed by atoms with Crippen LogP contribution in [0.25, 0.3) is 0 Å². The summed E-state index contributed by atoms with van der Waals surface area (Å²) in [5.41, 5.74) is 6.21. The van der Waals surface area contributed by atoms with Gasteiger partial charge in [0.05, 0.1) is 6.10 Å². The number of nitrogens with zero attached hydrogens (tertiary/aromatic N) is 1. The monoisotopic (exact) mass is 228 g/mol. The molecule has 0 spiro atoms. The lowest BCUT2D eigenvalue weighted by Gasteiger charge is -2.48. The third-order valence-corrected chi connectivity index (χ3v) is 4.25. The van der Waals surface area contributed by atoms with Crippen LogP contribution in [0.4, 0.5) is 0 Å². The first-order valence-corrected chi connectivity index (χ1v) is 6.36. The second kappa shape index (κ2) is 5.45. The lowest BCUT2D eigenvalue weighted by Crippen LogP contribution is -2.59. The molecule has 2 aliphatic rings. The van der Waals surface area contributed by atoms with Crippen molar-refractivity contribution in [1.29, 1.82) is 0 Å². The zero-order chi connectivity index (χ0) is 11.4. The maximum atomic E-state index is 6.01. The zero-order valence-corrected chi connectivity index (χ0v) is 10.3. The van der Waals surface area contributed by atoms with Crippen LogP contribution in [0.5, 0.6) is 0 Å². The first-order chi connectivity index (χ1) is 7.80. The van der Waals surface area contributed by atoms with E-state index in [-0.39, 0.29) is 5.54 Å². The van der Waals surface area contributed by atoms with Crippen LogP contribution in [0.1, 0.15) is 25.7 Å². The van der Waals surface area contributed by atoms with Crippen molar-refractivity contribution >= 4 is 0 Å². The molecule has 0 aliphatic carbocycles. The number of likely N-dealkylation sites (tertiary alicyclic amines) is 1. The van der Waals surface area contributed by atoms with Gasteiger partial charge in [-0.25, -0.2) is 0 Å². The van der Waals surface area contributed by atoms with Gasteiger partial charge in [-0.1, -0.05) is 0 Å². The Kier molecular flexibility index (Phi) is 4.19. The van der Waals surface area contributed by atoms with E-state index in [1.807, 2.05) is 7.11 Å². The van der Waals surface area contributed by atoms with Crippen LogP contribution in [-0.4, -0.2) is 56.5 Å². The molecule has 0 saturated carbocycles. The Labute approximate surface area is 98.1 Å². The van der Waals surface area contributed by atoms with E-state index in [1.54, 1.807) is 0 Å². The average Bonchev–Trinajstić information content (AvgIpc) is 2.39. The van der Waals surface area contributed by atoms with Crippen LogP contribution in [0, 0.1) is 0 Å². The second-order valence-corrected chi connectivity index (χ2v) is 4.96. The Morgan fingerprint density at radius 2 is 1.94 bits per heavy atom. The highest BCUT2D eigenvalue weighted by molar-refractivity contribution is 4.95. The summed E-state index contributed by atoms with van der Waals surface area (Å²) in [6, 6.07) is 0. The Bertz CT molecular complexity index is 209. The molecule has 2 heterocycles. The summed E-state index contributed by atoms with van der Waals surface area (Å²) < 4.78 is 10.9. The van der Waals surface area contributed by atoms with E-state index >= 15 is 0 Å². The molecular formula is C12H24N2O2. The quantitative estimate of drug-likeness (QED) is 0.768. The first-order valence-electron chi connectivity index (χ1n) is 6.36. The lowest BCUT2D eigenvalue weighted by molar-refractivity contribution is -0.0533. The zero-order valence-electron chi connectivity index (χ0n) is 10.3. The minimum atomic E-state index is 0.205. The van der Waals surface area contributed by atoms with E-state index in [0.717, 1.165) is 58.5 Å². The number of methoxy groups -OCH3 is 1. The topological polar surface area (TPSA) is 47.7 Å². The molecule has 2 N–H and O–H groups in total. The highest BCUT2D eigenvalue weighted by Gasteiger charge is 2.38. The van der Waals surface area contributed by atoms with E-state index in [4.69, 9.17) is 15.2 Å². The van der Waals surface area contributed by atoms with Gasteiger partial charge >= 0.3 is 0 Å². The Morgan fingerprint density at radius 1 is 1.31 bits per heavy atom. The molecule has 0 aromatic rings. The van der Waals surface area contributed by atoms with Crippen LogP contribution < -0.4 is 5.73 Å². The van der Waals surface area contributed by atoms with Gasteiger partial charge in [0.15, 0.2) is 0 Å². The number of rotatable bonds is 3. The number of hydrogen-bond acceptors (Lipinski definition) is 4. The second-order valence-electron chi connectivity index (χ2n) is 4.96. The molecule has 94 valence electrons. The Morgan fingerprint density at radius 3 is 2.44 bits per heavy atom. The van der Waals surface area contributed by atoms with Gasteiger partial charge in [0.2, 0.25) is 0 Å². The normalized spacial score (nSPS) is 28.1. The third-order valence-electron chi connectivity index (χ3n) is 4.25. The van der Waals surface area contributed by atoms with Gasteiger partial charge in [-0.2, -0.15) is 0 Å². The van der Waals surface area contributed by atoms with Crippen molar-refractivity contribution in [3.8, 4) is 0 Å². The van der Waals surface area contributed by atoms with Gasteiger partial charge in [-0.3, -0.25) is 4.90 Å². The average molecular weight is 228 g/mol. The van der Waals surface area contributed by atoms with E-state index < -0.39 is 0 Å². The molecule has 4 heteroatoms. The molecule has 4 nitrogen and oxygen atoms in total. The maximum Gasteiger partial charge on any atom is 0.0595 e. The molecular weight excluding hydrogens is 204 g/mol. The van der Waals surface area contributed by atoms with Crippen molar-refractivity contribution in [2.75, 3.05) is 40.0 Å². The predicted molar refractivity (Wildman–Crippen MR) is 63.4 cm³/mol. The van der Waals surface area contributed by atoms with Gasteiger partial charge in [0.1, 0.15) is 0 Å². The highest BCUT2D eigenvalue weighted by atomic mass is 16.5. The SMILES string of the molecule is COC1CCN(C2(CN)CCOCC2)CC1. The fourth-order valence-corrected chi connectivity index (χ4v) is 2.97. The molecule has 0 amide bonds. The Hall–Kier alpha value is -0.160. The molecule has 2 aliphatic heterocycles. The van der Waals surface area contributed by atoms with Gasteiger partial charge in [-0.15, -0.1) is 0 Å². The summed E-state index contributed by atoms with van der Waals surface area (Å²) >= 11 is 0. The van der Waals surface area contributed by atoms with Crippen LogP contribution >= 0.6 is 0 Å². The summed E-state index contributed by atoms with van der Waals surface area (Å²) in [5.74, 6) is 0. The smallest absolute Gasteiger partial charge is 0.0595 e. The summed E-state index contributed by atoms with van der Waals surface area (Å²) in [7, 11) is 1.81. The van der Waals surface area contributed by atoms with Crippen LogP contribution in [0.15, 0.2) is 0 Å². The van der Waals surface area contributed by atoms with Crippen molar-refractivity contribution in [2.24, 2.45) is 5.73 Å². The summed E-state index contributed by atoms with van der Waals surface area (Å²) in [6.07, 6.45) is 4.89. The van der Waals surface area contributed by atoms with Crippen molar-refractivity contribution in [2.45, 2.75) is 37.3 Å². The van der Waals surface area contributed by atoms with Crippen molar-refractivity contribution < 1.29 is 9.47 Å². The van der Waals surface area contributed by atoms with Gasteiger partial charge in [0.25, 0.3) is 0 Å². The molecule has 0 radical (unpaired) electrons. The minimum absolute atomic E-state index is 0.205. The Balaban J connectivity index is 1.94. The van der Waals surface area contributed by atoms with Gasteiger partial charge < -0.3 is 15.2 Å². The van der Waals surface area contributed by atoms with Crippen LogP contribution in [0.3, 0.4) is 0 Å². The van der Waals surface area contributed by atoms with E-state index in [9.17, 15) is 0 Å². The van der Waals surface area contributed by atoms with Crippen molar-refractivity contribution in [3.63, 3.8) is 0 Å². The van der Waals surface area contributed by atoms with Crippen molar-refractivity contribution in [1.82, 2.24) is 4.90 Å². The highest BCUT2D eigenvalue weighted by Crippen LogP contribution is 2.30. The van der Waals surface area contributed by atoms with Gasteiger partial charge in [-0.05, 0) is 25.7 Å². The minimum Gasteiger partial charge on any atom is -0.381 e. The summed E-state index contributed by atoms with van der Waals surface area (Å²) in [4.78, 5) is 2.57. The van der Waals surface area contributed by atoms with E-state index in [1.165, 1.54) is 0 Å². The van der Waals surface area contributed by atoms with E-state index in [0.29, 0.717) is 6.10 Å². The van der Waals surface area contributed by atoms with Gasteiger partial charge in [0, 0.05) is 45.5 Å². The number of nitrogens with two attached hydrogens (primary N) is 1. The fraction of sp³-hybridized carbons (Fsp3) is 1.00. The molecule has 0 aromatic heterocycles. The molecule has 0 bridgehead atoms. The lowest BCUT2D eigenvalue weighted by atomic mass is 9.86. The van der Waals surface area contributed by atoms with Crippen LogP contribution in [-0.2, 0) is 9.47 Å². The molecule has 2 saturated heterocycles. The predicted octanol–water partition coefficient (Wildman–Crippen LogP) is 0.605. The summed E-state index contributed by atoms with van der Waals surface area (Å²) in [5, 5.41) is 0. The van der Waals surface area contributed by atoms with E-state index in [2.05, 4.69) is 4.90 Å². The van der Waals surface area contributed by atoms with Crippen LogP contribution in [0.2, 0.25) is 0 Å². The largest absolute Gasteiger partial charge is 0.381 e. The summed E-state index contributed by atoms with van der Waals surface area (Å²) in [6.45, 7) is 4.72.